The molecule has 6 N–H and O–H groups in total. The van der Waals surface area contributed by atoms with Crippen LogP contribution in [0.2, 0.25) is 0 Å². The highest BCUT2D eigenvalue weighted by molar-refractivity contribution is 6.05. The highest BCUT2D eigenvalue weighted by Gasteiger charge is 2.23. The van der Waals surface area contributed by atoms with Crippen molar-refractivity contribution in [2.24, 2.45) is 5.73 Å². The summed E-state index contributed by atoms with van der Waals surface area (Å²) in [5.74, 6) is 1.01. The van der Waals surface area contributed by atoms with E-state index in [0.29, 0.717) is 11.8 Å². The van der Waals surface area contributed by atoms with E-state index in [-0.39, 0.29) is 12.1 Å². The van der Waals surface area contributed by atoms with Crippen LogP contribution in [0.5, 0.6) is 0 Å². The van der Waals surface area contributed by atoms with Crippen molar-refractivity contribution < 1.29 is 0 Å². The zero-order chi connectivity index (χ0) is 19.1. The summed E-state index contributed by atoms with van der Waals surface area (Å²) in [6.45, 7) is 0. The third-order valence-corrected chi connectivity index (χ3v) is 5.67. The molecular formula is C21H23N7. The second kappa shape index (κ2) is 6.76. The van der Waals surface area contributed by atoms with Gasteiger partial charge in [0.1, 0.15) is 5.82 Å². The molecule has 0 amide bonds. The first-order valence-corrected chi connectivity index (χ1v) is 9.70. The molecule has 2 atom stereocenters. The van der Waals surface area contributed by atoms with Crippen molar-refractivity contribution in [2.45, 2.75) is 37.8 Å². The van der Waals surface area contributed by atoms with E-state index < -0.39 is 0 Å². The third kappa shape index (κ3) is 2.84. The van der Waals surface area contributed by atoms with E-state index in [1.807, 2.05) is 18.3 Å². The fourth-order valence-electron chi connectivity index (χ4n) is 4.10. The van der Waals surface area contributed by atoms with Gasteiger partial charge in [0.2, 0.25) is 5.95 Å². The molecule has 7 nitrogen and oxygen atoms in total. The molecule has 3 heterocycles. The van der Waals surface area contributed by atoms with E-state index in [1.165, 1.54) is 12.8 Å². The number of anilines is 2. The molecule has 0 spiro atoms. The second-order valence-corrected chi connectivity index (χ2v) is 7.46. The molecule has 4 aromatic rings. The van der Waals surface area contributed by atoms with Gasteiger partial charge in [0, 0.05) is 52.7 Å². The number of hydrogen-bond donors (Lipinski definition) is 4. The summed E-state index contributed by atoms with van der Waals surface area (Å²) >= 11 is 0. The van der Waals surface area contributed by atoms with Crippen molar-refractivity contribution in [3.63, 3.8) is 0 Å². The van der Waals surface area contributed by atoms with Crippen molar-refractivity contribution in [1.29, 1.82) is 0 Å². The number of aromatic nitrogens is 4. The van der Waals surface area contributed by atoms with E-state index in [4.69, 9.17) is 16.5 Å². The summed E-state index contributed by atoms with van der Waals surface area (Å²) in [5.41, 5.74) is 16.2. The maximum atomic E-state index is 6.28. The smallest absolute Gasteiger partial charge is 0.223 e. The van der Waals surface area contributed by atoms with Crippen LogP contribution in [0, 0.1) is 0 Å². The Labute approximate surface area is 162 Å². The lowest BCUT2D eigenvalue weighted by atomic mass is 9.91. The lowest BCUT2D eigenvalue weighted by molar-refractivity contribution is 0.402. The van der Waals surface area contributed by atoms with Gasteiger partial charge in [-0.1, -0.05) is 31.0 Å². The summed E-state index contributed by atoms with van der Waals surface area (Å²) in [6.07, 6.45) is 9.96. The third-order valence-electron chi connectivity index (χ3n) is 5.67. The number of rotatable bonds is 3. The van der Waals surface area contributed by atoms with Gasteiger partial charge in [-0.2, -0.15) is 0 Å². The minimum absolute atomic E-state index is 0.128. The molecule has 7 heteroatoms. The number of pyridine rings is 1. The molecule has 5 rings (SSSR count). The molecule has 0 bridgehead atoms. The molecule has 0 aliphatic heterocycles. The van der Waals surface area contributed by atoms with Gasteiger partial charge < -0.3 is 21.8 Å². The van der Waals surface area contributed by atoms with Gasteiger partial charge in [0.25, 0.3) is 0 Å². The Morgan fingerprint density at radius 1 is 1.00 bits per heavy atom. The van der Waals surface area contributed by atoms with Gasteiger partial charge in [-0.15, -0.1) is 0 Å². The van der Waals surface area contributed by atoms with E-state index in [2.05, 4.69) is 32.4 Å². The summed E-state index contributed by atoms with van der Waals surface area (Å²) < 4.78 is 0. The Morgan fingerprint density at radius 3 is 2.75 bits per heavy atom. The van der Waals surface area contributed by atoms with Crippen LogP contribution in [-0.4, -0.2) is 32.0 Å². The zero-order valence-electron chi connectivity index (χ0n) is 15.5. The van der Waals surface area contributed by atoms with Crippen LogP contribution >= 0.6 is 0 Å². The largest absolute Gasteiger partial charge is 0.383 e. The minimum Gasteiger partial charge on any atom is -0.383 e. The topological polar surface area (TPSA) is 119 Å². The Kier molecular flexibility index (Phi) is 4.09. The van der Waals surface area contributed by atoms with Crippen molar-refractivity contribution >= 4 is 33.6 Å². The highest BCUT2D eigenvalue weighted by Crippen LogP contribution is 2.34. The van der Waals surface area contributed by atoms with Gasteiger partial charge >= 0.3 is 0 Å². The number of H-pyrrole nitrogens is 1. The van der Waals surface area contributed by atoms with Gasteiger partial charge in [-0.05, 0) is 18.9 Å². The van der Waals surface area contributed by atoms with Gasteiger partial charge in [0.15, 0.2) is 0 Å². The Bertz CT molecular complexity index is 1150. The molecule has 1 fully saturated rings. The molecule has 0 radical (unpaired) electrons. The number of benzene rings is 1. The molecular weight excluding hydrogens is 350 g/mol. The highest BCUT2D eigenvalue weighted by atomic mass is 15.1. The SMILES string of the molecule is Nc1ncc(-c2c[nH]c3ccccc23)c2nc(N[C@@H]3CCCC[C@@H]3N)ncc12. The summed E-state index contributed by atoms with van der Waals surface area (Å²) in [7, 11) is 0. The molecule has 0 saturated heterocycles. The first-order chi connectivity index (χ1) is 13.7. The quantitative estimate of drug-likeness (QED) is 0.437. The summed E-state index contributed by atoms with van der Waals surface area (Å²) in [6, 6.07) is 8.51. The number of aromatic amines is 1. The molecule has 0 unspecified atom stereocenters. The number of para-hydroxylation sites is 1. The number of nitrogens with one attached hydrogen (secondary N) is 2. The van der Waals surface area contributed by atoms with Gasteiger partial charge in [0.05, 0.1) is 10.9 Å². The average Bonchev–Trinajstić information content (AvgIpc) is 3.14. The molecule has 1 aromatic carbocycles. The van der Waals surface area contributed by atoms with Crippen LogP contribution in [0.15, 0.2) is 42.9 Å². The fourth-order valence-corrected chi connectivity index (χ4v) is 4.10. The van der Waals surface area contributed by atoms with Crippen LogP contribution in [0.1, 0.15) is 25.7 Å². The number of fused-ring (bicyclic) bond motifs is 2. The van der Waals surface area contributed by atoms with E-state index in [9.17, 15) is 0 Å². The first-order valence-electron chi connectivity index (χ1n) is 9.70. The molecule has 3 aromatic heterocycles. The molecule has 1 aliphatic rings. The number of nitrogens with two attached hydrogens (primary N) is 2. The van der Waals surface area contributed by atoms with Gasteiger partial charge in [-0.25, -0.2) is 15.0 Å². The van der Waals surface area contributed by atoms with Crippen molar-refractivity contribution in [3.8, 4) is 11.1 Å². The van der Waals surface area contributed by atoms with Crippen molar-refractivity contribution in [2.75, 3.05) is 11.1 Å². The van der Waals surface area contributed by atoms with E-state index in [1.54, 1.807) is 12.4 Å². The fraction of sp³-hybridized carbons (Fsp3) is 0.286. The Morgan fingerprint density at radius 2 is 1.86 bits per heavy atom. The van der Waals surface area contributed by atoms with Gasteiger partial charge in [-0.3, -0.25) is 0 Å². The van der Waals surface area contributed by atoms with Crippen LogP contribution in [0.25, 0.3) is 32.9 Å². The molecule has 142 valence electrons. The zero-order valence-corrected chi connectivity index (χ0v) is 15.5. The number of hydrogen-bond acceptors (Lipinski definition) is 6. The Balaban J connectivity index is 1.62. The second-order valence-electron chi connectivity index (χ2n) is 7.46. The lowest BCUT2D eigenvalue weighted by Gasteiger charge is -2.29. The number of nitrogens with zero attached hydrogens (tertiary/aromatic N) is 3. The predicted molar refractivity (Wildman–Crippen MR) is 113 cm³/mol. The van der Waals surface area contributed by atoms with E-state index in [0.717, 1.165) is 45.8 Å². The van der Waals surface area contributed by atoms with Crippen LogP contribution in [0.4, 0.5) is 11.8 Å². The normalized spacial score (nSPS) is 19.9. The molecule has 28 heavy (non-hydrogen) atoms. The molecule has 1 saturated carbocycles. The van der Waals surface area contributed by atoms with Crippen LogP contribution in [0.3, 0.4) is 0 Å². The summed E-state index contributed by atoms with van der Waals surface area (Å²) in [4.78, 5) is 17.0. The van der Waals surface area contributed by atoms with Crippen molar-refractivity contribution in [1.82, 2.24) is 19.9 Å². The minimum atomic E-state index is 0.128. The predicted octanol–water partition coefficient (Wildman–Crippen LogP) is 3.44. The monoisotopic (exact) mass is 373 g/mol. The average molecular weight is 373 g/mol. The maximum absolute atomic E-state index is 6.28. The van der Waals surface area contributed by atoms with Crippen LogP contribution in [-0.2, 0) is 0 Å². The molecule has 1 aliphatic carbocycles. The summed E-state index contributed by atoms with van der Waals surface area (Å²) in [5, 5.41) is 5.31. The van der Waals surface area contributed by atoms with Crippen LogP contribution < -0.4 is 16.8 Å². The standard InChI is InChI=1S/C21H23N7/c22-16-6-2-4-8-18(16)27-21-26-11-15-19(28-21)14(10-25-20(15)23)13-9-24-17-7-3-1-5-12(13)17/h1,3,5,7,9-11,16,18,24H,2,4,6,8,22H2,(H2,23,25)(H,26,27,28)/t16-,18+/m0/s1. The number of nitrogen functional groups attached to an aromatic ring is 1. The van der Waals surface area contributed by atoms with E-state index >= 15 is 0 Å². The van der Waals surface area contributed by atoms with Crippen molar-refractivity contribution in [3.05, 3.63) is 42.9 Å². The Hall–Kier alpha value is -3.19. The lowest BCUT2D eigenvalue weighted by Crippen LogP contribution is -2.42. The maximum Gasteiger partial charge on any atom is 0.223 e. The first kappa shape index (κ1) is 16.9.